The summed E-state index contributed by atoms with van der Waals surface area (Å²) in [5.74, 6) is 4.83. The third-order valence-corrected chi connectivity index (χ3v) is 1.23. The van der Waals surface area contributed by atoms with Crippen molar-refractivity contribution >= 4 is 11.7 Å². The molecule has 0 fully saturated rings. The number of amides is 2. The van der Waals surface area contributed by atoms with Gasteiger partial charge in [0.1, 0.15) is 0 Å². The number of carbonyl (C=O) groups excluding carboxylic acids is 1. The normalized spacial score (nSPS) is 8.75. The molecule has 64 valence electrons. The van der Waals surface area contributed by atoms with Crippen LogP contribution in [0.5, 0.6) is 0 Å². The SMILES string of the molecule is NNC(=O)NNc1ccccc1. The molecule has 1 rings (SSSR count). The molecular formula is C7H10N4O. The third-order valence-electron chi connectivity index (χ3n) is 1.23. The number of para-hydroxylation sites is 1. The zero-order valence-electron chi connectivity index (χ0n) is 6.37. The van der Waals surface area contributed by atoms with E-state index in [4.69, 9.17) is 5.84 Å². The summed E-state index contributed by atoms with van der Waals surface area (Å²) in [7, 11) is 0. The van der Waals surface area contributed by atoms with E-state index in [0.29, 0.717) is 0 Å². The van der Waals surface area contributed by atoms with Crippen LogP contribution in [-0.2, 0) is 0 Å². The number of anilines is 1. The molecule has 0 saturated carbocycles. The number of nitrogens with one attached hydrogen (secondary N) is 3. The topological polar surface area (TPSA) is 79.2 Å². The van der Waals surface area contributed by atoms with Gasteiger partial charge in [0.15, 0.2) is 0 Å². The summed E-state index contributed by atoms with van der Waals surface area (Å²) >= 11 is 0. The fourth-order valence-electron chi connectivity index (χ4n) is 0.687. The molecule has 2 amide bonds. The lowest BCUT2D eigenvalue weighted by atomic mass is 10.3. The summed E-state index contributed by atoms with van der Waals surface area (Å²) in [6.07, 6.45) is 0. The third kappa shape index (κ3) is 2.47. The summed E-state index contributed by atoms with van der Waals surface area (Å²) in [5, 5.41) is 0. The van der Waals surface area contributed by atoms with Crippen molar-refractivity contribution in [2.24, 2.45) is 5.84 Å². The van der Waals surface area contributed by atoms with Crippen molar-refractivity contribution in [2.45, 2.75) is 0 Å². The van der Waals surface area contributed by atoms with Crippen molar-refractivity contribution in [1.82, 2.24) is 10.9 Å². The minimum absolute atomic E-state index is 0.487. The number of rotatable bonds is 2. The molecule has 1 aromatic carbocycles. The lowest BCUT2D eigenvalue weighted by Gasteiger charge is -2.06. The van der Waals surface area contributed by atoms with E-state index in [0.717, 1.165) is 5.69 Å². The second kappa shape index (κ2) is 4.20. The lowest BCUT2D eigenvalue weighted by Crippen LogP contribution is -2.42. The maximum Gasteiger partial charge on any atom is 0.347 e. The van der Waals surface area contributed by atoms with Crippen LogP contribution >= 0.6 is 0 Å². The van der Waals surface area contributed by atoms with Gasteiger partial charge in [-0.1, -0.05) is 18.2 Å². The number of nitrogens with two attached hydrogens (primary N) is 1. The molecular weight excluding hydrogens is 156 g/mol. The van der Waals surface area contributed by atoms with Crippen LogP contribution in [0.15, 0.2) is 30.3 Å². The van der Waals surface area contributed by atoms with Crippen molar-refractivity contribution in [3.8, 4) is 0 Å². The van der Waals surface area contributed by atoms with E-state index in [-0.39, 0.29) is 0 Å². The Bertz CT molecular complexity index is 249. The van der Waals surface area contributed by atoms with Crippen LogP contribution in [-0.4, -0.2) is 6.03 Å². The molecule has 0 atom stereocenters. The molecule has 0 aliphatic carbocycles. The highest BCUT2D eigenvalue weighted by molar-refractivity contribution is 5.74. The van der Waals surface area contributed by atoms with Gasteiger partial charge in [0.2, 0.25) is 0 Å². The van der Waals surface area contributed by atoms with Crippen LogP contribution in [0.1, 0.15) is 0 Å². The van der Waals surface area contributed by atoms with E-state index < -0.39 is 6.03 Å². The van der Waals surface area contributed by atoms with Gasteiger partial charge in [-0.3, -0.25) is 16.3 Å². The molecule has 0 saturated heterocycles. The van der Waals surface area contributed by atoms with Gasteiger partial charge in [-0.2, -0.15) is 0 Å². The van der Waals surface area contributed by atoms with Crippen LogP contribution in [0.4, 0.5) is 10.5 Å². The van der Waals surface area contributed by atoms with Gasteiger partial charge in [-0.25, -0.2) is 10.6 Å². The Balaban J connectivity index is 2.38. The van der Waals surface area contributed by atoms with Gasteiger partial charge < -0.3 is 0 Å². The van der Waals surface area contributed by atoms with Crippen molar-refractivity contribution < 1.29 is 4.79 Å². The Morgan fingerprint density at radius 3 is 2.50 bits per heavy atom. The van der Waals surface area contributed by atoms with E-state index in [9.17, 15) is 4.79 Å². The van der Waals surface area contributed by atoms with Crippen molar-refractivity contribution in [1.29, 1.82) is 0 Å². The molecule has 0 aromatic heterocycles. The number of hydrazine groups is 2. The Morgan fingerprint density at radius 1 is 1.25 bits per heavy atom. The lowest BCUT2D eigenvalue weighted by molar-refractivity contribution is 0.243. The number of hydrogen-bond acceptors (Lipinski definition) is 3. The molecule has 0 spiro atoms. The van der Waals surface area contributed by atoms with Gasteiger partial charge in [0.05, 0.1) is 5.69 Å². The largest absolute Gasteiger partial charge is 0.347 e. The van der Waals surface area contributed by atoms with Crippen LogP contribution in [0, 0.1) is 0 Å². The van der Waals surface area contributed by atoms with E-state index in [2.05, 4.69) is 10.9 Å². The van der Waals surface area contributed by atoms with Crippen molar-refractivity contribution in [2.75, 3.05) is 5.43 Å². The molecule has 0 radical (unpaired) electrons. The monoisotopic (exact) mass is 166 g/mol. The summed E-state index contributed by atoms with van der Waals surface area (Å²) in [4.78, 5) is 10.6. The summed E-state index contributed by atoms with van der Waals surface area (Å²) in [6, 6.07) is 8.73. The van der Waals surface area contributed by atoms with Gasteiger partial charge in [0, 0.05) is 0 Å². The van der Waals surface area contributed by atoms with Gasteiger partial charge in [0.25, 0.3) is 0 Å². The van der Waals surface area contributed by atoms with Crippen LogP contribution in [0.2, 0.25) is 0 Å². The maximum atomic E-state index is 10.6. The second-order valence-corrected chi connectivity index (χ2v) is 2.09. The van der Waals surface area contributed by atoms with E-state index in [1.165, 1.54) is 0 Å². The molecule has 1 aromatic rings. The highest BCUT2D eigenvalue weighted by Crippen LogP contribution is 2.01. The molecule has 0 unspecified atom stereocenters. The first kappa shape index (κ1) is 8.35. The average molecular weight is 166 g/mol. The smallest absolute Gasteiger partial charge is 0.297 e. The summed E-state index contributed by atoms with van der Waals surface area (Å²) in [6.45, 7) is 0. The summed E-state index contributed by atoms with van der Waals surface area (Å²) in [5.41, 5.74) is 7.69. The minimum atomic E-state index is -0.487. The number of carbonyl (C=O) groups is 1. The highest BCUT2D eigenvalue weighted by atomic mass is 16.2. The number of hydrogen-bond donors (Lipinski definition) is 4. The highest BCUT2D eigenvalue weighted by Gasteiger charge is 1.93. The molecule has 5 N–H and O–H groups in total. The minimum Gasteiger partial charge on any atom is -0.297 e. The quantitative estimate of drug-likeness (QED) is 0.287. The fraction of sp³-hybridized carbons (Fsp3) is 0. The zero-order valence-corrected chi connectivity index (χ0v) is 6.37. The number of urea groups is 1. The predicted molar refractivity (Wildman–Crippen MR) is 45.9 cm³/mol. The number of benzene rings is 1. The first-order chi connectivity index (χ1) is 5.83. The average Bonchev–Trinajstić information content (AvgIpc) is 2.16. The van der Waals surface area contributed by atoms with Gasteiger partial charge >= 0.3 is 6.03 Å². The first-order valence-corrected chi connectivity index (χ1v) is 3.40. The Labute approximate surface area is 69.9 Å². The molecule has 0 heterocycles. The second-order valence-electron chi connectivity index (χ2n) is 2.09. The molecule has 5 nitrogen and oxygen atoms in total. The van der Waals surface area contributed by atoms with E-state index in [1.807, 2.05) is 35.8 Å². The first-order valence-electron chi connectivity index (χ1n) is 3.40. The van der Waals surface area contributed by atoms with Crippen LogP contribution in [0.3, 0.4) is 0 Å². The molecule has 5 heteroatoms. The van der Waals surface area contributed by atoms with Crippen LogP contribution in [0.25, 0.3) is 0 Å². The van der Waals surface area contributed by atoms with E-state index in [1.54, 1.807) is 0 Å². The zero-order chi connectivity index (χ0) is 8.81. The van der Waals surface area contributed by atoms with Gasteiger partial charge in [-0.05, 0) is 12.1 Å². The fourth-order valence-corrected chi connectivity index (χ4v) is 0.687. The maximum absolute atomic E-state index is 10.6. The van der Waals surface area contributed by atoms with Crippen molar-refractivity contribution in [3.05, 3.63) is 30.3 Å². The molecule has 0 aliphatic rings. The standard InChI is InChI=1S/C7H10N4O/c8-9-7(12)11-10-6-4-2-1-3-5-6/h1-5,10H,8H2,(H2,9,11,12). The molecule has 0 aliphatic heterocycles. The molecule has 0 bridgehead atoms. The Morgan fingerprint density at radius 2 is 1.92 bits per heavy atom. The molecule has 12 heavy (non-hydrogen) atoms. The summed E-state index contributed by atoms with van der Waals surface area (Å²) < 4.78 is 0. The van der Waals surface area contributed by atoms with E-state index >= 15 is 0 Å². The Kier molecular flexibility index (Phi) is 2.92. The van der Waals surface area contributed by atoms with Crippen LogP contribution < -0.4 is 22.1 Å². The van der Waals surface area contributed by atoms with Crippen molar-refractivity contribution in [3.63, 3.8) is 0 Å². The van der Waals surface area contributed by atoms with Gasteiger partial charge in [-0.15, -0.1) is 0 Å². The Hall–Kier alpha value is -1.75. The predicted octanol–water partition coefficient (Wildman–Crippen LogP) is 0.186.